The first-order chi connectivity index (χ1) is 11.9. The molecule has 0 N–H and O–H groups in total. The molecule has 0 radical (unpaired) electrons. The molecule has 10 heteroatoms. The van der Waals surface area contributed by atoms with Crippen LogP contribution in [0.1, 0.15) is 25.0 Å². The van der Waals surface area contributed by atoms with E-state index in [4.69, 9.17) is 0 Å². The predicted molar refractivity (Wildman–Crippen MR) is 79.5 cm³/mol. The molecule has 0 spiro atoms. The van der Waals surface area contributed by atoms with Gasteiger partial charge in [-0.25, -0.2) is 14.5 Å². The summed E-state index contributed by atoms with van der Waals surface area (Å²) in [7, 11) is 0. The smallest absolute Gasteiger partial charge is 0.247 e. The summed E-state index contributed by atoms with van der Waals surface area (Å²) in [6.45, 7) is 3.46. The molecular weight excluding hydrogens is 364 g/mol. The van der Waals surface area contributed by atoms with Crippen LogP contribution in [-0.4, -0.2) is 20.7 Å². The molecule has 26 heavy (non-hydrogen) atoms. The van der Waals surface area contributed by atoms with E-state index in [0.29, 0.717) is 17.7 Å². The van der Waals surface area contributed by atoms with Gasteiger partial charge in [0.2, 0.25) is 0 Å². The lowest BCUT2D eigenvalue weighted by Gasteiger charge is -2.13. The molecule has 2 rings (SSSR count). The minimum atomic E-state index is -4.95. The molecule has 140 valence electrons. The first-order valence-corrected chi connectivity index (χ1v) is 7.35. The zero-order valence-electron chi connectivity index (χ0n) is 13.6. The molecule has 0 unspecified atom stereocenters. The van der Waals surface area contributed by atoms with Crippen LogP contribution in [0.5, 0.6) is 0 Å². The zero-order valence-corrected chi connectivity index (χ0v) is 13.6. The molecule has 0 atom stereocenters. The van der Waals surface area contributed by atoms with E-state index in [0.717, 1.165) is 11.0 Å². The number of hydrogen-bond donors (Lipinski definition) is 0. The van der Waals surface area contributed by atoms with Crippen LogP contribution in [0.2, 0.25) is 0 Å². The molecule has 0 fully saturated rings. The zero-order chi connectivity index (χ0) is 19.7. The molecule has 1 heterocycles. The first-order valence-electron chi connectivity index (χ1n) is 7.35. The van der Waals surface area contributed by atoms with E-state index in [2.05, 4.69) is 10.1 Å². The van der Waals surface area contributed by atoms with Gasteiger partial charge in [-0.2, -0.15) is 31.4 Å². The fourth-order valence-electron chi connectivity index (χ4n) is 2.09. The van der Waals surface area contributed by atoms with Crippen molar-refractivity contribution in [1.82, 2.24) is 14.8 Å². The van der Waals surface area contributed by atoms with Crippen molar-refractivity contribution in [2.45, 2.75) is 32.7 Å². The molecule has 2 aromatic rings. The molecule has 0 saturated carbocycles. The van der Waals surface area contributed by atoms with Crippen LogP contribution >= 0.6 is 0 Å². The third-order valence-corrected chi connectivity index (χ3v) is 3.54. The van der Waals surface area contributed by atoms with E-state index in [1.165, 1.54) is 0 Å². The third kappa shape index (κ3) is 4.51. The van der Waals surface area contributed by atoms with E-state index in [9.17, 15) is 31.1 Å². The van der Waals surface area contributed by atoms with Crippen LogP contribution in [0.15, 0.2) is 30.1 Å². The Morgan fingerprint density at radius 1 is 1.08 bits per heavy atom. The van der Waals surface area contributed by atoms with Crippen molar-refractivity contribution in [2.24, 2.45) is 5.92 Å². The van der Waals surface area contributed by atoms with Crippen LogP contribution in [0.3, 0.4) is 0 Å². The molecule has 0 aliphatic rings. The molecule has 0 aliphatic carbocycles. The Kier molecular flexibility index (Phi) is 5.27. The second-order valence-corrected chi connectivity index (χ2v) is 5.84. The fourth-order valence-corrected chi connectivity index (χ4v) is 2.09. The first kappa shape index (κ1) is 19.7. The van der Waals surface area contributed by atoms with Crippen molar-refractivity contribution in [3.8, 4) is 11.4 Å². The minimum absolute atomic E-state index is 0.0146. The summed E-state index contributed by atoms with van der Waals surface area (Å²) in [6.07, 6.45) is -8.78. The van der Waals surface area contributed by atoms with Gasteiger partial charge in [0.15, 0.2) is 5.82 Å². The van der Waals surface area contributed by atoms with Gasteiger partial charge < -0.3 is 0 Å². The third-order valence-electron chi connectivity index (χ3n) is 3.54. The summed E-state index contributed by atoms with van der Waals surface area (Å²) in [5.74, 6) is 1.28. The van der Waals surface area contributed by atoms with Gasteiger partial charge >= 0.3 is 12.4 Å². The highest BCUT2D eigenvalue weighted by molar-refractivity contribution is 5.58. The van der Waals surface area contributed by atoms with Crippen LogP contribution in [-0.2, 0) is 23.7 Å². The van der Waals surface area contributed by atoms with Crippen LogP contribution < -0.4 is 0 Å². The summed E-state index contributed by atoms with van der Waals surface area (Å²) in [5, 5.41) is 3.87. The van der Waals surface area contributed by atoms with Crippen molar-refractivity contribution in [1.29, 1.82) is 0 Å². The van der Waals surface area contributed by atoms with Crippen molar-refractivity contribution >= 4 is 5.94 Å². The van der Waals surface area contributed by atoms with E-state index in [1.807, 2.05) is 0 Å². The number of nitrogens with zero attached hydrogens (tertiary/aromatic N) is 3. The number of alkyl halides is 6. The van der Waals surface area contributed by atoms with E-state index in [1.54, 1.807) is 19.8 Å². The second kappa shape index (κ2) is 6.95. The Hall–Kier alpha value is -2.61. The minimum Gasteiger partial charge on any atom is -0.247 e. The second-order valence-electron chi connectivity index (χ2n) is 5.84. The quantitative estimate of drug-likeness (QED) is 0.586. The molecule has 0 amide bonds. The Balaban J connectivity index is 2.47. The van der Waals surface area contributed by atoms with Gasteiger partial charge in [0, 0.05) is 11.1 Å². The largest absolute Gasteiger partial charge is 0.416 e. The number of aromatic nitrogens is 3. The summed E-state index contributed by atoms with van der Waals surface area (Å²) < 4.78 is 78.6. The van der Waals surface area contributed by atoms with Gasteiger partial charge in [0.25, 0.3) is 0 Å². The lowest BCUT2D eigenvalue weighted by Crippen LogP contribution is -2.11. The van der Waals surface area contributed by atoms with Crippen LogP contribution in [0, 0.1) is 5.92 Å². The fraction of sp³-hybridized carbons (Fsp3) is 0.375. The van der Waals surface area contributed by atoms with Crippen molar-refractivity contribution in [3.05, 3.63) is 41.2 Å². The van der Waals surface area contributed by atoms with E-state index < -0.39 is 29.0 Å². The Labute approximate surface area is 144 Å². The molecule has 0 bridgehead atoms. The number of benzene rings is 1. The average molecular weight is 377 g/mol. The number of halogens is 6. The van der Waals surface area contributed by atoms with Crippen molar-refractivity contribution in [3.63, 3.8) is 0 Å². The number of hydrogen-bond acceptors (Lipinski definition) is 3. The predicted octanol–water partition coefficient (Wildman–Crippen LogP) is 4.40. The Bertz CT molecular complexity index is 812. The summed E-state index contributed by atoms with van der Waals surface area (Å²) in [6, 6.07) is 1.13. The lowest BCUT2D eigenvalue weighted by molar-refractivity contribution is -0.143. The van der Waals surface area contributed by atoms with Gasteiger partial charge in [-0.15, -0.1) is 0 Å². The van der Waals surface area contributed by atoms with Gasteiger partial charge in [0.1, 0.15) is 12.3 Å². The number of rotatable bonds is 4. The molecule has 1 aromatic carbocycles. The maximum atomic E-state index is 12.9. The highest BCUT2D eigenvalue weighted by Crippen LogP contribution is 2.38. The highest BCUT2D eigenvalue weighted by Gasteiger charge is 2.37. The molecule has 0 saturated heterocycles. The van der Waals surface area contributed by atoms with Gasteiger partial charge in [-0.05, 0) is 24.1 Å². The maximum absolute atomic E-state index is 12.9. The maximum Gasteiger partial charge on any atom is 0.416 e. The Morgan fingerprint density at radius 2 is 1.62 bits per heavy atom. The highest BCUT2D eigenvalue weighted by atomic mass is 19.4. The standard InChI is InChI=1S/C16H13F6N3O/c1-9(2)11(7-26)6-25-8-23-14(24-25)10-3-12(15(17,18)19)5-13(4-10)16(20,21)22/h3-5,8-9H,6H2,1-2H3. The van der Waals surface area contributed by atoms with E-state index in [-0.39, 0.29) is 24.4 Å². The molecular formula is C16H13F6N3O. The van der Waals surface area contributed by atoms with Crippen molar-refractivity contribution in [2.75, 3.05) is 0 Å². The monoisotopic (exact) mass is 377 g/mol. The Morgan fingerprint density at radius 3 is 2.04 bits per heavy atom. The molecule has 4 nitrogen and oxygen atoms in total. The van der Waals surface area contributed by atoms with Crippen LogP contribution in [0.4, 0.5) is 26.3 Å². The van der Waals surface area contributed by atoms with Gasteiger partial charge in [-0.1, -0.05) is 13.8 Å². The summed E-state index contributed by atoms with van der Waals surface area (Å²) >= 11 is 0. The van der Waals surface area contributed by atoms with Gasteiger partial charge in [0.05, 0.1) is 17.7 Å². The molecule has 0 aliphatic heterocycles. The normalized spacial score (nSPS) is 12.3. The topological polar surface area (TPSA) is 47.8 Å². The average Bonchev–Trinajstić information content (AvgIpc) is 2.98. The number of carbonyl (C=O) groups excluding carboxylic acids is 1. The summed E-state index contributed by atoms with van der Waals surface area (Å²) in [5.41, 5.74) is -2.99. The number of allylic oxidation sites excluding steroid dienone is 1. The van der Waals surface area contributed by atoms with Gasteiger partial charge in [-0.3, -0.25) is 0 Å². The van der Waals surface area contributed by atoms with Crippen molar-refractivity contribution < 1.29 is 31.1 Å². The molecule has 1 aromatic heterocycles. The lowest BCUT2D eigenvalue weighted by atomic mass is 10.0. The summed E-state index contributed by atoms with van der Waals surface area (Å²) in [4.78, 5) is 14.6. The van der Waals surface area contributed by atoms with Crippen LogP contribution in [0.25, 0.3) is 11.4 Å². The van der Waals surface area contributed by atoms with E-state index >= 15 is 0 Å². The SMILES string of the molecule is CC(C)C(=C=O)Cn1cnc(-c2cc(C(F)(F)F)cc(C(F)(F)F)c2)n1.